The number of benzene rings is 1. The monoisotopic (exact) mass is 246 g/mol. The van der Waals surface area contributed by atoms with Crippen LogP contribution < -0.4 is 5.73 Å². The lowest BCUT2D eigenvalue weighted by Gasteiger charge is -2.42. The molecule has 98 valence electrons. The molecule has 3 heteroatoms. The maximum Gasteiger partial charge on any atom is 0.0721 e. The van der Waals surface area contributed by atoms with Crippen LogP contribution in [0.25, 0.3) is 0 Å². The van der Waals surface area contributed by atoms with Crippen molar-refractivity contribution < 1.29 is 4.74 Å². The van der Waals surface area contributed by atoms with Crippen LogP contribution in [-0.2, 0) is 11.3 Å². The fourth-order valence-corrected chi connectivity index (χ4v) is 3.14. The van der Waals surface area contributed by atoms with Crippen molar-refractivity contribution in [1.29, 1.82) is 0 Å². The lowest BCUT2D eigenvalue weighted by Crippen LogP contribution is -2.48. The first-order chi connectivity index (χ1) is 8.75. The summed E-state index contributed by atoms with van der Waals surface area (Å²) in [4.78, 5) is 2.55. The van der Waals surface area contributed by atoms with Crippen LogP contribution in [0.3, 0.4) is 0 Å². The molecule has 18 heavy (non-hydrogen) atoms. The summed E-state index contributed by atoms with van der Waals surface area (Å²) < 4.78 is 5.75. The Labute approximate surface area is 109 Å². The number of hydrogen-bond acceptors (Lipinski definition) is 3. The molecular formula is C15H22N2O. The summed E-state index contributed by atoms with van der Waals surface area (Å²) in [5, 5.41) is 0. The summed E-state index contributed by atoms with van der Waals surface area (Å²) in [5.41, 5.74) is 8.90. The molecule has 3 rings (SSSR count). The predicted molar refractivity (Wildman–Crippen MR) is 72.2 cm³/mol. The van der Waals surface area contributed by atoms with E-state index in [0.717, 1.165) is 32.7 Å². The first kappa shape index (κ1) is 12.2. The van der Waals surface area contributed by atoms with Gasteiger partial charge in [0, 0.05) is 19.1 Å². The Morgan fingerprint density at radius 1 is 1.33 bits per heavy atom. The molecule has 0 aliphatic carbocycles. The maximum absolute atomic E-state index is 6.11. The van der Waals surface area contributed by atoms with Gasteiger partial charge in [-0.05, 0) is 23.5 Å². The Kier molecular flexibility index (Phi) is 3.37. The molecule has 1 saturated heterocycles. The highest BCUT2D eigenvalue weighted by Crippen LogP contribution is 2.32. The second-order valence-electron chi connectivity index (χ2n) is 5.65. The zero-order valence-electron chi connectivity index (χ0n) is 11.0. The minimum atomic E-state index is 0.362. The number of rotatable bonds is 1. The number of likely N-dealkylation sites (tertiary alicyclic amines) is 1. The van der Waals surface area contributed by atoms with E-state index in [0.29, 0.717) is 18.0 Å². The van der Waals surface area contributed by atoms with Crippen molar-refractivity contribution in [2.45, 2.75) is 32.0 Å². The quantitative estimate of drug-likeness (QED) is 0.823. The van der Waals surface area contributed by atoms with E-state index < -0.39 is 0 Å². The van der Waals surface area contributed by atoms with Crippen LogP contribution >= 0.6 is 0 Å². The molecule has 1 aromatic rings. The molecule has 0 spiro atoms. The van der Waals surface area contributed by atoms with E-state index in [1.54, 1.807) is 0 Å². The topological polar surface area (TPSA) is 38.5 Å². The van der Waals surface area contributed by atoms with Gasteiger partial charge in [0.1, 0.15) is 0 Å². The van der Waals surface area contributed by atoms with Gasteiger partial charge >= 0.3 is 0 Å². The maximum atomic E-state index is 6.11. The molecule has 2 heterocycles. The molecule has 0 aromatic heterocycles. The summed E-state index contributed by atoms with van der Waals surface area (Å²) >= 11 is 0. The van der Waals surface area contributed by atoms with Crippen LogP contribution in [0.5, 0.6) is 0 Å². The van der Waals surface area contributed by atoms with E-state index >= 15 is 0 Å². The van der Waals surface area contributed by atoms with E-state index in [1.807, 2.05) is 0 Å². The van der Waals surface area contributed by atoms with Gasteiger partial charge in [0.2, 0.25) is 0 Å². The normalized spacial score (nSPS) is 33.1. The standard InChI is InChI=1S/C15H22N2O/c1-11-8-17(7-6-14(11)16)15-10-18-9-12-4-2-3-5-13(12)15/h2-5,11,14-15H,6-10,16H2,1H3. The van der Waals surface area contributed by atoms with Gasteiger partial charge in [-0.25, -0.2) is 0 Å². The third-order valence-corrected chi connectivity index (χ3v) is 4.39. The molecule has 2 aliphatic rings. The average Bonchev–Trinajstić information content (AvgIpc) is 2.41. The van der Waals surface area contributed by atoms with Crippen molar-refractivity contribution in [1.82, 2.24) is 4.90 Å². The Hall–Kier alpha value is -0.900. The Balaban J connectivity index is 1.81. The van der Waals surface area contributed by atoms with Gasteiger partial charge in [-0.2, -0.15) is 0 Å². The van der Waals surface area contributed by atoms with Crippen LogP contribution in [-0.4, -0.2) is 30.6 Å². The molecule has 2 N–H and O–H groups in total. The summed E-state index contributed by atoms with van der Waals surface area (Å²) in [5.74, 6) is 0.577. The smallest absolute Gasteiger partial charge is 0.0721 e. The van der Waals surface area contributed by atoms with Gasteiger partial charge in [0.05, 0.1) is 19.3 Å². The summed E-state index contributed by atoms with van der Waals surface area (Å²) in [7, 11) is 0. The van der Waals surface area contributed by atoms with Crippen LogP contribution in [0.4, 0.5) is 0 Å². The highest BCUT2D eigenvalue weighted by molar-refractivity contribution is 5.31. The third kappa shape index (κ3) is 2.18. The number of ether oxygens (including phenoxy) is 1. The van der Waals surface area contributed by atoms with Crippen LogP contribution in [0.1, 0.15) is 30.5 Å². The molecular weight excluding hydrogens is 224 g/mol. The van der Waals surface area contributed by atoms with Crippen molar-refractivity contribution >= 4 is 0 Å². The number of nitrogens with two attached hydrogens (primary N) is 1. The zero-order chi connectivity index (χ0) is 12.5. The second kappa shape index (κ2) is 5.00. The molecule has 3 nitrogen and oxygen atoms in total. The minimum absolute atomic E-state index is 0.362. The third-order valence-electron chi connectivity index (χ3n) is 4.39. The lowest BCUT2D eigenvalue weighted by atomic mass is 9.90. The summed E-state index contributed by atoms with van der Waals surface area (Å²) in [6.45, 7) is 6.01. The van der Waals surface area contributed by atoms with Gasteiger partial charge in [0.15, 0.2) is 0 Å². The highest BCUT2D eigenvalue weighted by Gasteiger charge is 2.31. The van der Waals surface area contributed by atoms with Crippen LogP contribution in [0.2, 0.25) is 0 Å². The first-order valence-electron chi connectivity index (χ1n) is 6.91. The predicted octanol–water partition coefficient (Wildman–Crippen LogP) is 1.93. The minimum Gasteiger partial charge on any atom is -0.375 e. The molecule has 0 amide bonds. The molecule has 1 fully saturated rings. The Bertz CT molecular complexity index is 421. The van der Waals surface area contributed by atoms with E-state index in [9.17, 15) is 0 Å². The number of hydrogen-bond donors (Lipinski definition) is 1. The molecule has 3 atom stereocenters. The molecule has 2 aliphatic heterocycles. The molecule has 1 aromatic carbocycles. The molecule has 0 radical (unpaired) electrons. The second-order valence-corrected chi connectivity index (χ2v) is 5.65. The summed E-state index contributed by atoms with van der Waals surface area (Å²) in [6, 6.07) is 9.45. The zero-order valence-corrected chi connectivity index (χ0v) is 11.0. The number of piperidine rings is 1. The van der Waals surface area contributed by atoms with Gasteiger partial charge in [0.25, 0.3) is 0 Å². The largest absolute Gasteiger partial charge is 0.375 e. The van der Waals surface area contributed by atoms with Gasteiger partial charge in [-0.1, -0.05) is 31.2 Å². The highest BCUT2D eigenvalue weighted by atomic mass is 16.5. The van der Waals surface area contributed by atoms with Crippen molar-refractivity contribution in [3.63, 3.8) is 0 Å². The van der Waals surface area contributed by atoms with Gasteiger partial charge in [-0.15, -0.1) is 0 Å². The number of fused-ring (bicyclic) bond motifs is 1. The molecule has 3 unspecified atom stereocenters. The Morgan fingerprint density at radius 3 is 3.00 bits per heavy atom. The van der Waals surface area contributed by atoms with E-state index in [1.165, 1.54) is 11.1 Å². The summed E-state index contributed by atoms with van der Waals surface area (Å²) in [6.07, 6.45) is 1.10. The molecule has 0 saturated carbocycles. The average molecular weight is 246 g/mol. The van der Waals surface area contributed by atoms with Crippen LogP contribution in [0, 0.1) is 5.92 Å². The fraction of sp³-hybridized carbons (Fsp3) is 0.600. The number of nitrogens with zero attached hydrogens (tertiary/aromatic N) is 1. The SMILES string of the molecule is CC1CN(C2COCc3ccccc32)CCC1N. The van der Waals surface area contributed by atoms with Gasteiger partial charge < -0.3 is 10.5 Å². The van der Waals surface area contributed by atoms with Gasteiger partial charge in [-0.3, -0.25) is 4.90 Å². The fourth-order valence-electron chi connectivity index (χ4n) is 3.14. The van der Waals surface area contributed by atoms with E-state index in [4.69, 9.17) is 10.5 Å². The lowest BCUT2D eigenvalue weighted by molar-refractivity contribution is 0.0132. The van der Waals surface area contributed by atoms with Crippen molar-refractivity contribution in [2.75, 3.05) is 19.7 Å². The van der Waals surface area contributed by atoms with Crippen molar-refractivity contribution in [2.24, 2.45) is 11.7 Å². The van der Waals surface area contributed by atoms with Crippen molar-refractivity contribution in [3.05, 3.63) is 35.4 Å². The Morgan fingerprint density at radius 2 is 2.17 bits per heavy atom. The molecule has 0 bridgehead atoms. The first-order valence-corrected chi connectivity index (χ1v) is 6.91. The van der Waals surface area contributed by atoms with E-state index in [2.05, 4.69) is 36.1 Å². The van der Waals surface area contributed by atoms with Crippen molar-refractivity contribution in [3.8, 4) is 0 Å². The van der Waals surface area contributed by atoms with E-state index in [-0.39, 0.29) is 0 Å². The van der Waals surface area contributed by atoms with Crippen LogP contribution in [0.15, 0.2) is 24.3 Å².